The van der Waals surface area contributed by atoms with Crippen LogP contribution in [-0.2, 0) is 17.6 Å². The SMILES string of the molecule is COc1ccc(CCNC(=O)CCc2cccc3ccccc23)cc1. The monoisotopic (exact) mass is 333 g/mol. The van der Waals surface area contributed by atoms with Crippen LogP contribution < -0.4 is 10.1 Å². The van der Waals surface area contributed by atoms with Crippen LogP contribution in [0, 0.1) is 0 Å². The van der Waals surface area contributed by atoms with Crippen molar-refractivity contribution in [2.24, 2.45) is 0 Å². The fraction of sp³-hybridized carbons (Fsp3) is 0.227. The number of fused-ring (bicyclic) bond motifs is 1. The van der Waals surface area contributed by atoms with E-state index >= 15 is 0 Å². The molecule has 3 heteroatoms. The van der Waals surface area contributed by atoms with Crippen LogP contribution in [0.2, 0.25) is 0 Å². The third-order valence-electron chi connectivity index (χ3n) is 4.40. The van der Waals surface area contributed by atoms with Gasteiger partial charge in [-0.25, -0.2) is 0 Å². The topological polar surface area (TPSA) is 38.3 Å². The average Bonchev–Trinajstić information content (AvgIpc) is 2.67. The van der Waals surface area contributed by atoms with Gasteiger partial charge >= 0.3 is 0 Å². The third-order valence-corrected chi connectivity index (χ3v) is 4.40. The van der Waals surface area contributed by atoms with E-state index in [1.165, 1.54) is 21.9 Å². The van der Waals surface area contributed by atoms with Crippen molar-refractivity contribution in [2.45, 2.75) is 19.3 Å². The molecule has 1 N–H and O–H groups in total. The third kappa shape index (κ3) is 4.60. The van der Waals surface area contributed by atoms with E-state index in [1.807, 2.05) is 36.4 Å². The number of carbonyl (C=O) groups excluding carboxylic acids is 1. The highest BCUT2D eigenvalue weighted by Gasteiger charge is 2.05. The maximum Gasteiger partial charge on any atom is 0.220 e. The molecule has 1 amide bonds. The molecule has 0 aliphatic rings. The van der Waals surface area contributed by atoms with E-state index < -0.39 is 0 Å². The number of aryl methyl sites for hydroxylation is 1. The summed E-state index contributed by atoms with van der Waals surface area (Å²) in [5.41, 5.74) is 2.42. The Morgan fingerprint density at radius 1 is 0.920 bits per heavy atom. The van der Waals surface area contributed by atoms with Crippen molar-refractivity contribution < 1.29 is 9.53 Å². The molecule has 0 bridgehead atoms. The molecule has 0 saturated heterocycles. The minimum atomic E-state index is 0.0986. The van der Waals surface area contributed by atoms with Crippen molar-refractivity contribution in [3.05, 3.63) is 77.9 Å². The molecular weight excluding hydrogens is 310 g/mol. The molecule has 0 unspecified atom stereocenters. The molecule has 0 heterocycles. The number of carbonyl (C=O) groups is 1. The van der Waals surface area contributed by atoms with Crippen molar-refractivity contribution in [1.29, 1.82) is 0 Å². The molecule has 0 aromatic heterocycles. The van der Waals surface area contributed by atoms with E-state index in [-0.39, 0.29) is 5.91 Å². The summed E-state index contributed by atoms with van der Waals surface area (Å²) < 4.78 is 5.15. The zero-order valence-corrected chi connectivity index (χ0v) is 14.5. The molecule has 3 aromatic carbocycles. The molecule has 0 aliphatic heterocycles. The van der Waals surface area contributed by atoms with Crippen molar-refractivity contribution in [1.82, 2.24) is 5.32 Å². The van der Waals surface area contributed by atoms with Gasteiger partial charge in [0, 0.05) is 13.0 Å². The highest BCUT2D eigenvalue weighted by molar-refractivity contribution is 5.86. The summed E-state index contributed by atoms with van der Waals surface area (Å²) in [5, 5.41) is 5.46. The molecule has 25 heavy (non-hydrogen) atoms. The Morgan fingerprint density at radius 3 is 2.48 bits per heavy atom. The summed E-state index contributed by atoms with van der Waals surface area (Å²) in [6.07, 6.45) is 2.09. The molecule has 0 radical (unpaired) electrons. The molecule has 0 aliphatic carbocycles. The zero-order valence-electron chi connectivity index (χ0n) is 14.5. The fourth-order valence-corrected chi connectivity index (χ4v) is 2.99. The van der Waals surface area contributed by atoms with E-state index in [9.17, 15) is 4.79 Å². The van der Waals surface area contributed by atoms with Crippen molar-refractivity contribution >= 4 is 16.7 Å². The van der Waals surface area contributed by atoms with Crippen LogP contribution in [-0.4, -0.2) is 19.6 Å². The zero-order chi connectivity index (χ0) is 17.5. The van der Waals surface area contributed by atoms with E-state index in [0.29, 0.717) is 13.0 Å². The van der Waals surface area contributed by atoms with Crippen LogP contribution in [0.5, 0.6) is 5.75 Å². The fourth-order valence-electron chi connectivity index (χ4n) is 2.99. The number of rotatable bonds is 7. The lowest BCUT2D eigenvalue weighted by Gasteiger charge is -2.08. The van der Waals surface area contributed by atoms with Gasteiger partial charge in [0.1, 0.15) is 5.75 Å². The summed E-state index contributed by atoms with van der Waals surface area (Å²) in [6, 6.07) is 22.5. The summed E-state index contributed by atoms with van der Waals surface area (Å²) in [4.78, 5) is 12.1. The predicted octanol–water partition coefficient (Wildman–Crippen LogP) is 4.14. The smallest absolute Gasteiger partial charge is 0.220 e. The summed E-state index contributed by atoms with van der Waals surface area (Å²) in [6.45, 7) is 0.653. The number of methoxy groups -OCH3 is 1. The molecule has 3 aromatic rings. The van der Waals surface area contributed by atoms with Crippen LogP contribution in [0.25, 0.3) is 10.8 Å². The number of amides is 1. The Balaban J connectivity index is 1.47. The van der Waals surface area contributed by atoms with Crippen molar-refractivity contribution in [3.8, 4) is 5.75 Å². The number of benzene rings is 3. The first-order valence-electron chi connectivity index (χ1n) is 8.62. The second-order valence-electron chi connectivity index (χ2n) is 6.09. The van der Waals surface area contributed by atoms with Gasteiger partial charge in [-0.15, -0.1) is 0 Å². The van der Waals surface area contributed by atoms with E-state index in [4.69, 9.17) is 4.74 Å². The lowest BCUT2D eigenvalue weighted by molar-refractivity contribution is -0.121. The van der Waals surface area contributed by atoms with E-state index in [0.717, 1.165) is 18.6 Å². The number of nitrogens with one attached hydrogen (secondary N) is 1. The average molecular weight is 333 g/mol. The number of hydrogen-bond acceptors (Lipinski definition) is 2. The largest absolute Gasteiger partial charge is 0.497 e. The van der Waals surface area contributed by atoms with Gasteiger partial charge in [0.2, 0.25) is 5.91 Å². The van der Waals surface area contributed by atoms with Crippen LogP contribution in [0.3, 0.4) is 0 Å². The quantitative estimate of drug-likeness (QED) is 0.706. The first-order chi connectivity index (χ1) is 12.3. The molecule has 0 saturated carbocycles. The van der Waals surface area contributed by atoms with Crippen LogP contribution in [0.15, 0.2) is 66.7 Å². The summed E-state index contributed by atoms with van der Waals surface area (Å²) in [7, 11) is 1.66. The molecule has 0 spiro atoms. The van der Waals surface area contributed by atoms with Gasteiger partial charge in [-0.1, -0.05) is 54.6 Å². The Bertz CT molecular complexity index is 835. The Labute approximate surface area is 148 Å². The van der Waals surface area contributed by atoms with Gasteiger partial charge in [-0.3, -0.25) is 4.79 Å². The van der Waals surface area contributed by atoms with Gasteiger partial charge in [0.15, 0.2) is 0 Å². The van der Waals surface area contributed by atoms with Gasteiger partial charge in [0.25, 0.3) is 0 Å². The Hall–Kier alpha value is -2.81. The van der Waals surface area contributed by atoms with Crippen LogP contribution in [0.1, 0.15) is 17.5 Å². The lowest BCUT2D eigenvalue weighted by Crippen LogP contribution is -2.25. The normalized spacial score (nSPS) is 10.6. The Kier molecular flexibility index (Phi) is 5.68. The molecular formula is C22H23NO2. The minimum absolute atomic E-state index is 0.0986. The second kappa shape index (κ2) is 8.34. The molecule has 3 rings (SSSR count). The van der Waals surface area contributed by atoms with Crippen LogP contribution >= 0.6 is 0 Å². The highest BCUT2D eigenvalue weighted by Crippen LogP contribution is 2.19. The molecule has 128 valence electrons. The predicted molar refractivity (Wildman–Crippen MR) is 102 cm³/mol. The second-order valence-corrected chi connectivity index (χ2v) is 6.09. The van der Waals surface area contributed by atoms with Crippen LogP contribution in [0.4, 0.5) is 0 Å². The molecule has 0 fully saturated rings. The van der Waals surface area contributed by atoms with Gasteiger partial charge < -0.3 is 10.1 Å². The summed E-state index contributed by atoms with van der Waals surface area (Å²) in [5.74, 6) is 0.948. The standard InChI is InChI=1S/C22H23NO2/c1-25-20-12-9-17(10-13-20)15-16-23-22(24)14-11-19-7-4-6-18-5-2-3-8-21(18)19/h2-10,12-13H,11,14-16H2,1H3,(H,23,24). The van der Waals surface area contributed by atoms with Gasteiger partial charge in [-0.05, 0) is 46.9 Å². The maximum absolute atomic E-state index is 12.1. The molecule has 3 nitrogen and oxygen atoms in total. The van der Waals surface area contributed by atoms with E-state index in [2.05, 4.69) is 35.6 Å². The van der Waals surface area contributed by atoms with Crippen molar-refractivity contribution in [3.63, 3.8) is 0 Å². The first kappa shape index (κ1) is 17.0. The highest BCUT2D eigenvalue weighted by atomic mass is 16.5. The number of hydrogen-bond donors (Lipinski definition) is 1. The maximum atomic E-state index is 12.1. The van der Waals surface area contributed by atoms with E-state index in [1.54, 1.807) is 7.11 Å². The van der Waals surface area contributed by atoms with Gasteiger partial charge in [0.05, 0.1) is 7.11 Å². The first-order valence-corrected chi connectivity index (χ1v) is 8.62. The Morgan fingerprint density at radius 2 is 1.68 bits per heavy atom. The summed E-state index contributed by atoms with van der Waals surface area (Å²) >= 11 is 0. The van der Waals surface area contributed by atoms with Gasteiger partial charge in [-0.2, -0.15) is 0 Å². The van der Waals surface area contributed by atoms with Crippen molar-refractivity contribution in [2.75, 3.05) is 13.7 Å². The number of ether oxygens (including phenoxy) is 1. The lowest BCUT2D eigenvalue weighted by atomic mass is 10.0. The minimum Gasteiger partial charge on any atom is -0.497 e. The molecule has 0 atom stereocenters.